The molecule has 180 valence electrons. The number of alkyl halides is 3. The first-order valence-corrected chi connectivity index (χ1v) is 11.4. The van der Waals surface area contributed by atoms with E-state index in [0.717, 1.165) is 12.1 Å². The van der Waals surface area contributed by atoms with Gasteiger partial charge in [-0.3, -0.25) is 4.79 Å². The van der Waals surface area contributed by atoms with Gasteiger partial charge < -0.3 is 15.1 Å². The van der Waals surface area contributed by atoms with E-state index in [-0.39, 0.29) is 24.6 Å². The predicted molar refractivity (Wildman–Crippen MR) is 118 cm³/mol. The molecule has 1 aliphatic carbocycles. The smallest absolute Gasteiger partial charge is 0.367 e. The Labute approximate surface area is 192 Å². The van der Waals surface area contributed by atoms with Crippen LogP contribution < -0.4 is 15.1 Å². The van der Waals surface area contributed by atoms with Gasteiger partial charge in [0.1, 0.15) is 11.6 Å². The van der Waals surface area contributed by atoms with E-state index >= 15 is 0 Å². The van der Waals surface area contributed by atoms with Crippen molar-refractivity contribution in [3.8, 4) is 0 Å². The molecule has 0 spiro atoms. The predicted octanol–water partition coefficient (Wildman–Crippen LogP) is 4.86. The van der Waals surface area contributed by atoms with Crippen molar-refractivity contribution in [1.29, 1.82) is 0 Å². The summed E-state index contributed by atoms with van der Waals surface area (Å²) in [5, 5.41) is 3.88. The average Bonchev–Trinajstić information content (AvgIpc) is 2.76. The highest BCUT2D eigenvalue weighted by Gasteiger charge is 2.46. The number of hydrogen-bond donors (Lipinski definition) is 1. The third kappa shape index (κ3) is 6.04. The Morgan fingerprint density at radius 2 is 1.73 bits per heavy atom. The molecule has 1 aliphatic rings. The molecule has 0 saturated heterocycles. The Bertz CT molecular complexity index is 995. The number of anilines is 3. The zero-order valence-electron chi connectivity index (χ0n) is 18.3. The molecule has 3 rings (SSSR count). The lowest BCUT2D eigenvalue weighted by Gasteiger charge is -2.37. The monoisotopic (exact) mass is 489 g/mol. The van der Waals surface area contributed by atoms with E-state index in [0.29, 0.717) is 40.6 Å². The number of nitrogens with zero attached hydrogens (tertiary/aromatic N) is 4. The fraction of sp³-hybridized carbons (Fsp3) is 0.476. The molecule has 1 heterocycles. The fourth-order valence-electron chi connectivity index (χ4n) is 3.76. The Balaban J connectivity index is 1.76. The normalized spacial score (nSPS) is 18.7. The highest BCUT2D eigenvalue weighted by Crippen LogP contribution is 2.33. The van der Waals surface area contributed by atoms with Crippen LogP contribution in [0.15, 0.2) is 29.4 Å². The van der Waals surface area contributed by atoms with Gasteiger partial charge in [0.15, 0.2) is 16.8 Å². The summed E-state index contributed by atoms with van der Waals surface area (Å²) >= 11 is 1.39. The highest BCUT2D eigenvalue weighted by molar-refractivity contribution is 7.98. The summed E-state index contributed by atoms with van der Waals surface area (Å²) in [4.78, 5) is 23.4. The number of nitrogens with one attached hydrogen (secondary N) is 1. The number of carbonyl (C=O) groups excluding carboxylic acids is 1. The molecule has 0 bridgehead atoms. The molecule has 1 aromatic heterocycles. The van der Waals surface area contributed by atoms with Crippen molar-refractivity contribution in [3.05, 3.63) is 35.9 Å². The third-order valence-corrected chi connectivity index (χ3v) is 5.94. The largest absolute Gasteiger partial charge is 0.471 e. The van der Waals surface area contributed by atoms with Crippen LogP contribution in [0.25, 0.3) is 0 Å². The minimum absolute atomic E-state index is 0.0753. The fourth-order valence-corrected chi connectivity index (χ4v) is 4.13. The molecule has 12 heteroatoms. The average molecular weight is 490 g/mol. The molecule has 1 saturated carbocycles. The number of aromatic nitrogens is 2. The molecule has 0 aliphatic heterocycles. The number of thioether (sulfide) groups is 1. The summed E-state index contributed by atoms with van der Waals surface area (Å²) in [6, 6.07) is 3.24. The van der Waals surface area contributed by atoms with Crippen LogP contribution in [-0.2, 0) is 4.79 Å². The van der Waals surface area contributed by atoms with Gasteiger partial charge in [0.25, 0.3) is 0 Å². The van der Waals surface area contributed by atoms with Gasteiger partial charge in [-0.25, -0.2) is 18.7 Å². The van der Waals surface area contributed by atoms with E-state index in [9.17, 15) is 26.7 Å². The molecule has 1 aromatic carbocycles. The van der Waals surface area contributed by atoms with Crippen molar-refractivity contribution >= 4 is 35.0 Å². The van der Waals surface area contributed by atoms with E-state index in [1.165, 1.54) is 11.8 Å². The van der Waals surface area contributed by atoms with Crippen LogP contribution in [0.2, 0.25) is 0 Å². The summed E-state index contributed by atoms with van der Waals surface area (Å²) in [6.45, 7) is 0. The summed E-state index contributed by atoms with van der Waals surface area (Å²) in [6.07, 6.45) is -1.86. The molecule has 33 heavy (non-hydrogen) atoms. The zero-order chi connectivity index (χ0) is 24.3. The number of benzene rings is 1. The van der Waals surface area contributed by atoms with Crippen LogP contribution in [0.5, 0.6) is 0 Å². The lowest BCUT2D eigenvalue weighted by atomic mass is 9.89. The van der Waals surface area contributed by atoms with Crippen LogP contribution in [0.1, 0.15) is 25.7 Å². The summed E-state index contributed by atoms with van der Waals surface area (Å²) in [5.41, 5.74) is -0.316. The number of carbonyl (C=O) groups is 1. The molecule has 2 aromatic rings. The SMILES string of the molecule is CSc1nc(NC2CCC(N(C(=O)C(F)(F)F)c3ccc(F)c(F)c3)CC2)cc(N(C)C)n1. The number of amides is 1. The van der Waals surface area contributed by atoms with Gasteiger partial charge in [0.05, 0.1) is 0 Å². The van der Waals surface area contributed by atoms with Crippen molar-refractivity contribution in [2.75, 3.05) is 35.5 Å². The maximum Gasteiger partial charge on any atom is 0.471 e. The van der Waals surface area contributed by atoms with Gasteiger partial charge in [-0.1, -0.05) is 11.8 Å². The van der Waals surface area contributed by atoms with Crippen LogP contribution in [0, 0.1) is 11.6 Å². The molecule has 0 radical (unpaired) electrons. The van der Waals surface area contributed by atoms with Crippen LogP contribution >= 0.6 is 11.8 Å². The lowest BCUT2D eigenvalue weighted by Crippen LogP contribution is -2.49. The second kappa shape index (κ2) is 10.1. The van der Waals surface area contributed by atoms with Crippen molar-refractivity contribution in [2.45, 2.75) is 49.1 Å². The highest BCUT2D eigenvalue weighted by atomic mass is 32.2. The third-order valence-electron chi connectivity index (χ3n) is 5.39. The Morgan fingerprint density at radius 1 is 1.06 bits per heavy atom. The number of rotatable bonds is 6. The van der Waals surface area contributed by atoms with Crippen molar-refractivity contribution in [3.63, 3.8) is 0 Å². The molecule has 0 atom stereocenters. The lowest BCUT2D eigenvalue weighted by molar-refractivity contribution is -0.171. The van der Waals surface area contributed by atoms with E-state index in [2.05, 4.69) is 15.3 Å². The van der Waals surface area contributed by atoms with Gasteiger partial charge in [-0.05, 0) is 44.1 Å². The minimum Gasteiger partial charge on any atom is -0.367 e. The Hall–Kier alpha value is -2.63. The summed E-state index contributed by atoms with van der Waals surface area (Å²) < 4.78 is 66.8. The molecular weight excluding hydrogens is 465 g/mol. The van der Waals surface area contributed by atoms with Gasteiger partial charge in [-0.2, -0.15) is 13.2 Å². The van der Waals surface area contributed by atoms with E-state index < -0.39 is 29.8 Å². The van der Waals surface area contributed by atoms with Crippen molar-refractivity contribution < 1.29 is 26.7 Å². The standard InChI is InChI=1S/C21H24F5N5OS/c1-30(2)18-11-17(28-20(29-18)33-3)27-12-4-6-13(7-5-12)31(19(32)21(24,25)26)14-8-9-15(22)16(23)10-14/h8-13H,4-7H2,1-3H3,(H,27,28,29). The number of hydrogen-bond acceptors (Lipinski definition) is 6. The maximum absolute atomic E-state index is 13.7. The second-order valence-electron chi connectivity index (χ2n) is 7.91. The topological polar surface area (TPSA) is 61.4 Å². The quantitative estimate of drug-likeness (QED) is 0.355. The van der Waals surface area contributed by atoms with Crippen LogP contribution in [-0.4, -0.2) is 54.5 Å². The van der Waals surface area contributed by atoms with Gasteiger partial charge in [0, 0.05) is 44.0 Å². The molecular formula is C21H24F5N5OS. The molecule has 1 N–H and O–H groups in total. The van der Waals surface area contributed by atoms with Gasteiger partial charge in [-0.15, -0.1) is 0 Å². The first-order chi connectivity index (χ1) is 15.5. The molecule has 1 amide bonds. The van der Waals surface area contributed by atoms with E-state index in [4.69, 9.17) is 0 Å². The Kier molecular flexibility index (Phi) is 7.65. The molecule has 6 nitrogen and oxygen atoms in total. The summed E-state index contributed by atoms with van der Waals surface area (Å²) in [7, 11) is 3.71. The van der Waals surface area contributed by atoms with E-state index in [1.54, 1.807) is 6.07 Å². The minimum atomic E-state index is -5.14. The van der Waals surface area contributed by atoms with E-state index in [1.807, 2.05) is 25.3 Å². The van der Waals surface area contributed by atoms with Crippen LogP contribution in [0.3, 0.4) is 0 Å². The van der Waals surface area contributed by atoms with Crippen molar-refractivity contribution in [2.24, 2.45) is 0 Å². The number of halogens is 5. The molecule has 1 fully saturated rings. The molecule has 0 unspecified atom stereocenters. The maximum atomic E-state index is 13.7. The first-order valence-electron chi connectivity index (χ1n) is 10.2. The van der Waals surface area contributed by atoms with Gasteiger partial charge >= 0.3 is 12.1 Å². The second-order valence-corrected chi connectivity index (χ2v) is 8.69. The zero-order valence-corrected chi connectivity index (χ0v) is 19.1. The first kappa shape index (κ1) is 25.0. The van der Waals surface area contributed by atoms with Crippen molar-refractivity contribution in [1.82, 2.24) is 9.97 Å². The Morgan fingerprint density at radius 3 is 2.27 bits per heavy atom. The summed E-state index contributed by atoms with van der Waals surface area (Å²) in [5.74, 6) is -3.29. The van der Waals surface area contributed by atoms with Crippen LogP contribution in [0.4, 0.5) is 39.3 Å². The van der Waals surface area contributed by atoms with Gasteiger partial charge in [0.2, 0.25) is 0 Å².